The number of nitrogens with zero attached hydrogens (tertiary/aromatic N) is 1. The average Bonchev–Trinajstić information content (AvgIpc) is 2.62. The molecule has 0 radical (unpaired) electrons. The lowest BCUT2D eigenvalue weighted by Gasteiger charge is -2.05. The van der Waals surface area contributed by atoms with Crippen molar-refractivity contribution in [3.8, 4) is 0 Å². The van der Waals surface area contributed by atoms with Gasteiger partial charge in [0.1, 0.15) is 5.01 Å². The first-order valence-electron chi connectivity index (χ1n) is 5.87. The molecule has 0 aliphatic carbocycles. The molecule has 2 rings (SSSR count). The molecule has 0 spiro atoms. The first-order valence-corrected chi connectivity index (χ1v) is 7.07. The predicted octanol–water partition coefficient (Wildman–Crippen LogP) is 3.63. The lowest BCUT2D eigenvalue weighted by Crippen LogP contribution is -1.98. The monoisotopic (exact) mass is 295 g/mol. The zero-order chi connectivity index (χ0) is 14.0. The fourth-order valence-corrected chi connectivity index (χ4v) is 3.20. The van der Waals surface area contributed by atoms with Gasteiger partial charge in [-0.1, -0.05) is 17.7 Å². The number of benzene rings is 1. The number of hydrogen-bond acceptors (Lipinski definition) is 3. The van der Waals surface area contributed by atoms with Gasteiger partial charge in [0.25, 0.3) is 0 Å². The average molecular weight is 296 g/mol. The van der Waals surface area contributed by atoms with Crippen LogP contribution < -0.4 is 0 Å². The van der Waals surface area contributed by atoms with Crippen LogP contribution in [0.4, 0.5) is 0 Å². The molecule has 19 heavy (non-hydrogen) atoms. The summed E-state index contributed by atoms with van der Waals surface area (Å²) >= 11 is 7.41. The minimum absolute atomic E-state index is 0.00882. The number of rotatable bonds is 4. The number of halogens is 1. The molecule has 2 aromatic rings. The number of hydrogen-bond donors (Lipinski definition) is 1. The first-order chi connectivity index (χ1) is 8.95. The highest BCUT2D eigenvalue weighted by atomic mass is 35.5. The van der Waals surface area contributed by atoms with E-state index in [0.29, 0.717) is 5.01 Å². The van der Waals surface area contributed by atoms with Gasteiger partial charge in [-0.05, 0) is 37.1 Å². The van der Waals surface area contributed by atoms with E-state index in [1.807, 2.05) is 32.0 Å². The van der Waals surface area contributed by atoms with Gasteiger partial charge in [0, 0.05) is 16.3 Å². The fraction of sp³-hybridized carbons (Fsp3) is 0.286. The van der Waals surface area contributed by atoms with E-state index in [1.165, 1.54) is 16.9 Å². The van der Waals surface area contributed by atoms with Gasteiger partial charge in [0.2, 0.25) is 0 Å². The van der Waals surface area contributed by atoms with Crippen LogP contribution in [0, 0.1) is 13.8 Å². The summed E-state index contributed by atoms with van der Waals surface area (Å²) in [6.07, 6.45) is 0.761. The summed E-state index contributed by atoms with van der Waals surface area (Å²) in [5, 5.41) is 10.2. The number of thiazole rings is 1. The van der Waals surface area contributed by atoms with Crippen LogP contribution in [-0.2, 0) is 17.6 Å². The number of aryl methyl sites for hydroxylation is 2. The van der Waals surface area contributed by atoms with Crippen molar-refractivity contribution in [1.29, 1.82) is 0 Å². The summed E-state index contributed by atoms with van der Waals surface area (Å²) in [6, 6.07) is 5.82. The first kappa shape index (κ1) is 14.0. The van der Waals surface area contributed by atoms with Gasteiger partial charge in [-0.2, -0.15) is 0 Å². The summed E-state index contributed by atoms with van der Waals surface area (Å²) < 4.78 is 0. The SMILES string of the molecule is Cc1cc(Cl)ccc1Cc1sc(CC(=O)O)nc1C. The molecule has 1 aromatic carbocycles. The van der Waals surface area contributed by atoms with E-state index in [1.54, 1.807) is 0 Å². The zero-order valence-electron chi connectivity index (χ0n) is 10.7. The van der Waals surface area contributed by atoms with Crippen molar-refractivity contribution in [2.75, 3.05) is 0 Å². The normalized spacial score (nSPS) is 10.7. The zero-order valence-corrected chi connectivity index (χ0v) is 12.3. The molecule has 0 saturated carbocycles. The molecular weight excluding hydrogens is 282 g/mol. The topological polar surface area (TPSA) is 50.2 Å². The molecule has 0 fully saturated rings. The van der Waals surface area contributed by atoms with Gasteiger partial charge < -0.3 is 5.11 Å². The molecule has 0 atom stereocenters. The minimum atomic E-state index is -0.844. The summed E-state index contributed by atoms with van der Waals surface area (Å²) in [5.74, 6) is -0.844. The smallest absolute Gasteiger partial charge is 0.310 e. The van der Waals surface area contributed by atoms with Crippen LogP contribution in [0.15, 0.2) is 18.2 Å². The van der Waals surface area contributed by atoms with Crippen LogP contribution in [0.25, 0.3) is 0 Å². The van der Waals surface area contributed by atoms with Crippen molar-refractivity contribution in [2.24, 2.45) is 0 Å². The molecule has 0 unspecified atom stereocenters. The molecule has 1 N–H and O–H groups in total. The summed E-state index contributed by atoms with van der Waals surface area (Å²) in [6.45, 7) is 3.94. The Morgan fingerprint density at radius 3 is 2.79 bits per heavy atom. The molecule has 5 heteroatoms. The second kappa shape index (κ2) is 5.72. The van der Waals surface area contributed by atoms with Crippen molar-refractivity contribution < 1.29 is 9.90 Å². The molecule has 0 aliphatic heterocycles. The maximum absolute atomic E-state index is 10.7. The van der Waals surface area contributed by atoms with E-state index in [9.17, 15) is 4.79 Å². The fourth-order valence-electron chi connectivity index (χ4n) is 1.89. The summed E-state index contributed by atoms with van der Waals surface area (Å²) in [5.41, 5.74) is 3.24. The lowest BCUT2D eigenvalue weighted by atomic mass is 10.0. The Hall–Kier alpha value is -1.39. The number of carboxylic acid groups (broad SMARTS) is 1. The van der Waals surface area contributed by atoms with Crippen molar-refractivity contribution in [1.82, 2.24) is 4.98 Å². The Morgan fingerprint density at radius 2 is 2.16 bits per heavy atom. The van der Waals surface area contributed by atoms with E-state index < -0.39 is 5.97 Å². The highest BCUT2D eigenvalue weighted by Crippen LogP contribution is 2.24. The van der Waals surface area contributed by atoms with Gasteiger partial charge in [0.15, 0.2) is 0 Å². The van der Waals surface area contributed by atoms with Gasteiger partial charge in [0.05, 0.1) is 12.1 Å². The highest BCUT2D eigenvalue weighted by molar-refractivity contribution is 7.11. The van der Waals surface area contributed by atoms with E-state index in [-0.39, 0.29) is 6.42 Å². The number of aliphatic carboxylic acids is 1. The van der Waals surface area contributed by atoms with Crippen molar-refractivity contribution in [3.63, 3.8) is 0 Å². The number of carbonyl (C=O) groups is 1. The molecule has 0 bridgehead atoms. The van der Waals surface area contributed by atoms with E-state index in [0.717, 1.165) is 27.6 Å². The van der Waals surface area contributed by atoms with E-state index in [4.69, 9.17) is 16.7 Å². The van der Waals surface area contributed by atoms with Crippen molar-refractivity contribution in [2.45, 2.75) is 26.7 Å². The quantitative estimate of drug-likeness (QED) is 0.937. The maximum Gasteiger partial charge on any atom is 0.310 e. The third kappa shape index (κ3) is 3.55. The predicted molar refractivity (Wildman–Crippen MR) is 77.2 cm³/mol. The largest absolute Gasteiger partial charge is 0.481 e. The summed E-state index contributed by atoms with van der Waals surface area (Å²) in [7, 11) is 0. The number of aromatic nitrogens is 1. The highest BCUT2D eigenvalue weighted by Gasteiger charge is 2.12. The standard InChI is InChI=1S/C14H14ClNO2S/c1-8-5-11(15)4-3-10(8)6-12-9(2)16-13(19-12)7-14(17)18/h3-5H,6-7H2,1-2H3,(H,17,18). The van der Waals surface area contributed by atoms with E-state index >= 15 is 0 Å². The van der Waals surface area contributed by atoms with Crippen LogP contribution in [0.1, 0.15) is 26.7 Å². The Kier molecular flexibility index (Phi) is 4.22. The molecule has 1 heterocycles. The second-order valence-corrected chi connectivity index (χ2v) is 6.04. The van der Waals surface area contributed by atoms with Crippen LogP contribution in [0.3, 0.4) is 0 Å². The van der Waals surface area contributed by atoms with Crippen LogP contribution >= 0.6 is 22.9 Å². The van der Waals surface area contributed by atoms with Crippen LogP contribution in [-0.4, -0.2) is 16.1 Å². The van der Waals surface area contributed by atoms with Crippen molar-refractivity contribution in [3.05, 3.63) is 49.9 Å². The third-order valence-corrected chi connectivity index (χ3v) is 4.29. The van der Waals surface area contributed by atoms with Crippen LogP contribution in [0.2, 0.25) is 5.02 Å². The summed E-state index contributed by atoms with van der Waals surface area (Å²) in [4.78, 5) is 16.1. The van der Waals surface area contributed by atoms with Gasteiger partial charge >= 0.3 is 5.97 Å². The van der Waals surface area contributed by atoms with Gasteiger partial charge in [-0.15, -0.1) is 11.3 Å². The number of carboxylic acids is 1. The molecule has 0 saturated heterocycles. The second-order valence-electron chi connectivity index (χ2n) is 4.43. The Morgan fingerprint density at radius 1 is 1.42 bits per heavy atom. The molecule has 0 aliphatic rings. The minimum Gasteiger partial charge on any atom is -0.481 e. The lowest BCUT2D eigenvalue weighted by molar-refractivity contribution is -0.136. The molecule has 100 valence electrons. The van der Waals surface area contributed by atoms with Crippen molar-refractivity contribution >= 4 is 28.9 Å². The third-order valence-electron chi connectivity index (χ3n) is 2.90. The Balaban J connectivity index is 2.23. The van der Waals surface area contributed by atoms with Gasteiger partial charge in [-0.3, -0.25) is 4.79 Å². The Labute approximate surface area is 120 Å². The molecule has 1 aromatic heterocycles. The maximum atomic E-state index is 10.7. The Bertz CT molecular complexity index is 622. The molecule has 3 nitrogen and oxygen atoms in total. The molecule has 0 amide bonds. The van der Waals surface area contributed by atoms with E-state index in [2.05, 4.69) is 4.98 Å². The van der Waals surface area contributed by atoms with Crippen LogP contribution in [0.5, 0.6) is 0 Å². The molecular formula is C14H14ClNO2S. The van der Waals surface area contributed by atoms with Gasteiger partial charge in [-0.25, -0.2) is 4.98 Å².